The van der Waals surface area contributed by atoms with Crippen molar-refractivity contribution in [3.8, 4) is 0 Å². The Hall–Kier alpha value is -1.06. The first-order valence-electron chi connectivity index (χ1n) is 13.0. The van der Waals surface area contributed by atoms with Gasteiger partial charge < -0.3 is 10.2 Å². The van der Waals surface area contributed by atoms with Crippen molar-refractivity contribution in [1.82, 2.24) is 0 Å². The maximum absolute atomic E-state index is 10.4. The van der Waals surface area contributed by atoms with Crippen LogP contribution in [0.25, 0.3) is 0 Å². The number of hydrogen-bond donors (Lipinski definition) is 2. The molecule has 0 bridgehead atoms. The van der Waals surface area contributed by atoms with Crippen molar-refractivity contribution in [3.05, 3.63) is 0 Å². The number of aliphatic carboxylic acids is 2. The lowest BCUT2D eigenvalue weighted by atomic mass is 10.0. The van der Waals surface area contributed by atoms with E-state index in [9.17, 15) is 9.59 Å². The predicted molar refractivity (Wildman–Crippen MR) is 128 cm³/mol. The summed E-state index contributed by atoms with van der Waals surface area (Å²) < 4.78 is 0. The molecule has 2 N–H and O–H groups in total. The maximum atomic E-state index is 10.4. The molecule has 0 atom stereocenters. The quantitative estimate of drug-likeness (QED) is 0.169. The monoisotopic (exact) mass is 428 g/mol. The van der Waals surface area contributed by atoms with Crippen molar-refractivity contribution >= 4 is 11.9 Å². The van der Waals surface area contributed by atoms with Crippen LogP contribution in [0.3, 0.4) is 0 Å². The third kappa shape index (κ3) is 34.4. The van der Waals surface area contributed by atoms with Crippen molar-refractivity contribution in [2.45, 2.75) is 155 Å². The van der Waals surface area contributed by atoms with Crippen LogP contribution >= 0.6 is 0 Å². The molecule has 0 aromatic heterocycles. The third-order valence-electron chi connectivity index (χ3n) is 5.49. The van der Waals surface area contributed by atoms with Crippen molar-refractivity contribution in [3.63, 3.8) is 0 Å². The van der Waals surface area contributed by atoms with Gasteiger partial charge in [0.25, 0.3) is 0 Å². The second-order valence-electron chi connectivity index (χ2n) is 8.65. The number of carboxylic acids is 2. The van der Waals surface area contributed by atoms with Gasteiger partial charge in [-0.15, -0.1) is 0 Å². The minimum atomic E-state index is -0.682. The summed E-state index contributed by atoms with van der Waals surface area (Å²) in [6, 6.07) is 0. The Kier molecular flexibility index (Phi) is 29.0. The first-order chi connectivity index (χ1) is 14.5. The summed E-state index contributed by atoms with van der Waals surface area (Å²) >= 11 is 0. The van der Waals surface area contributed by atoms with Crippen molar-refractivity contribution in [2.75, 3.05) is 0 Å². The summed E-state index contributed by atoms with van der Waals surface area (Å²) in [5.41, 5.74) is 0. The topological polar surface area (TPSA) is 74.6 Å². The predicted octanol–water partition coefficient (Wildman–Crippen LogP) is 8.76. The summed E-state index contributed by atoms with van der Waals surface area (Å²) in [5.74, 6) is -1.33. The molecule has 0 rings (SSSR count). The van der Waals surface area contributed by atoms with E-state index in [2.05, 4.69) is 13.8 Å². The van der Waals surface area contributed by atoms with E-state index in [0.717, 1.165) is 32.1 Å². The molecule has 0 aromatic carbocycles. The number of rotatable bonds is 22. The molecule has 180 valence electrons. The molecule has 30 heavy (non-hydrogen) atoms. The standard InChI is InChI=1S/C20H40O2.C6H12O2/c1-2-3-4-5-6-7-8-9-10-11-12-13-14-15-16-17-18-19-20(21)22;1-2-3-4-5-6(7)8/h2-19H2,1H3,(H,21,22);2-5H2,1H3,(H,7,8). The highest BCUT2D eigenvalue weighted by molar-refractivity contribution is 5.66. The fraction of sp³-hybridized carbons (Fsp3) is 0.923. The van der Waals surface area contributed by atoms with E-state index >= 15 is 0 Å². The summed E-state index contributed by atoms with van der Waals surface area (Å²) in [6.07, 6.45) is 26.4. The molecule has 0 fully saturated rings. The van der Waals surface area contributed by atoms with E-state index < -0.39 is 11.9 Å². The van der Waals surface area contributed by atoms with Crippen molar-refractivity contribution in [2.24, 2.45) is 0 Å². The Morgan fingerprint density at radius 3 is 0.867 bits per heavy atom. The highest BCUT2D eigenvalue weighted by Crippen LogP contribution is 2.14. The highest BCUT2D eigenvalue weighted by Gasteiger charge is 1.97. The molecule has 4 nitrogen and oxygen atoms in total. The Bertz CT molecular complexity index is 355. The van der Waals surface area contributed by atoms with E-state index in [4.69, 9.17) is 10.2 Å². The van der Waals surface area contributed by atoms with Crippen LogP contribution in [-0.2, 0) is 9.59 Å². The lowest BCUT2D eigenvalue weighted by Gasteiger charge is -2.03. The first-order valence-corrected chi connectivity index (χ1v) is 13.0. The Balaban J connectivity index is 0. The normalized spacial score (nSPS) is 10.5. The zero-order valence-electron chi connectivity index (χ0n) is 20.3. The summed E-state index contributed by atoms with van der Waals surface area (Å²) in [7, 11) is 0. The molecule has 4 heteroatoms. The molecule has 0 saturated heterocycles. The van der Waals surface area contributed by atoms with Crippen molar-refractivity contribution in [1.29, 1.82) is 0 Å². The van der Waals surface area contributed by atoms with Gasteiger partial charge in [0.05, 0.1) is 0 Å². The fourth-order valence-electron chi connectivity index (χ4n) is 3.53. The van der Waals surface area contributed by atoms with E-state index in [1.807, 2.05) is 0 Å². The van der Waals surface area contributed by atoms with E-state index in [0.29, 0.717) is 12.8 Å². The molecule has 0 spiro atoms. The van der Waals surface area contributed by atoms with Crippen LogP contribution in [0.15, 0.2) is 0 Å². The molecular formula is C26H52O4. The number of carbonyl (C=O) groups is 2. The molecule has 0 aliphatic heterocycles. The van der Waals surface area contributed by atoms with Crippen LogP contribution in [-0.4, -0.2) is 22.2 Å². The second kappa shape index (κ2) is 27.9. The van der Waals surface area contributed by atoms with E-state index in [1.165, 1.54) is 96.3 Å². The van der Waals surface area contributed by atoms with Gasteiger partial charge in [-0.3, -0.25) is 9.59 Å². The highest BCUT2D eigenvalue weighted by atomic mass is 16.4. The van der Waals surface area contributed by atoms with E-state index in [1.54, 1.807) is 0 Å². The van der Waals surface area contributed by atoms with Crippen molar-refractivity contribution < 1.29 is 19.8 Å². The molecule has 0 aliphatic carbocycles. The second-order valence-corrected chi connectivity index (χ2v) is 8.65. The molecule has 0 radical (unpaired) electrons. The van der Waals surface area contributed by atoms with Crippen LogP contribution in [0, 0.1) is 0 Å². The molecule has 0 aromatic rings. The Morgan fingerprint density at radius 2 is 0.600 bits per heavy atom. The zero-order valence-corrected chi connectivity index (χ0v) is 20.3. The molecule has 0 aliphatic rings. The maximum Gasteiger partial charge on any atom is 0.303 e. The molecular weight excluding hydrogens is 376 g/mol. The fourth-order valence-corrected chi connectivity index (χ4v) is 3.53. The molecule has 0 amide bonds. The van der Waals surface area contributed by atoms with Crippen LogP contribution < -0.4 is 0 Å². The van der Waals surface area contributed by atoms with Gasteiger partial charge >= 0.3 is 11.9 Å². The molecule has 0 saturated carbocycles. The van der Waals surface area contributed by atoms with Crippen LogP contribution in [0.1, 0.15) is 155 Å². The molecule has 0 unspecified atom stereocenters. The van der Waals surface area contributed by atoms with Crippen LogP contribution in [0.4, 0.5) is 0 Å². The van der Waals surface area contributed by atoms with Gasteiger partial charge in [-0.2, -0.15) is 0 Å². The minimum absolute atomic E-state index is 0.327. The van der Waals surface area contributed by atoms with Gasteiger partial charge in [-0.05, 0) is 12.8 Å². The first kappa shape index (κ1) is 31.1. The zero-order chi connectivity index (χ0) is 22.7. The SMILES string of the molecule is CCCCCC(=O)O.CCCCCCCCCCCCCCCCCCCC(=O)O. The van der Waals surface area contributed by atoms with Gasteiger partial charge in [0.15, 0.2) is 0 Å². The van der Waals surface area contributed by atoms with Gasteiger partial charge in [-0.25, -0.2) is 0 Å². The number of unbranched alkanes of at least 4 members (excludes halogenated alkanes) is 18. The lowest BCUT2D eigenvalue weighted by molar-refractivity contribution is -0.138. The summed E-state index contributed by atoms with van der Waals surface area (Å²) in [5, 5.41) is 16.7. The molecule has 0 heterocycles. The Labute approximate surface area is 187 Å². The Morgan fingerprint density at radius 1 is 0.400 bits per heavy atom. The summed E-state index contributed by atoms with van der Waals surface area (Å²) in [6.45, 7) is 4.33. The average Bonchev–Trinajstić information content (AvgIpc) is 2.70. The van der Waals surface area contributed by atoms with Gasteiger partial charge in [0.2, 0.25) is 0 Å². The largest absolute Gasteiger partial charge is 0.481 e. The minimum Gasteiger partial charge on any atom is -0.481 e. The van der Waals surface area contributed by atoms with Crippen LogP contribution in [0.2, 0.25) is 0 Å². The number of hydrogen-bond acceptors (Lipinski definition) is 2. The van der Waals surface area contributed by atoms with Crippen LogP contribution in [0.5, 0.6) is 0 Å². The van der Waals surface area contributed by atoms with Gasteiger partial charge in [0, 0.05) is 12.8 Å². The van der Waals surface area contributed by atoms with Gasteiger partial charge in [-0.1, -0.05) is 129 Å². The smallest absolute Gasteiger partial charge is 0.303 e. The average molecular weight is 429 g/mol. The third-order valence-corrected chi connectivity index (χ3v) is 5.49. The summed E-state index contributed by atoms with van der Waals surface area (Å²) in [4.78, 5) is 20.2. The van der Waals surface area contributed by atoms with E-state index in [-0.39, 0.29) is 0 Å². The van der Waals surface area contributed by atoms with Gasteiger partial charge in [0.1, 0.15) is 0 Å². The number of carboxylic acid groups (broad SMARTS) is 2. The lowest BCUT2D eigenvalue weighted by Crippen LogP contribution is -1.93.